The van der Waals surface area contributed by atoms with Crippen LogP contribution in [0.5, 0.6) is 0 Å². The molecular weight excluding hydrogens is 384 g/mol. The van der Waals surface area contributed by atoms with Gasteiger partial charge in [-0.2, -0.15) is 5.10 Å². The number of rotatable bonds is 6. The van der Waals surface area contributed by atoms with E-state index in [-0.39, 0.29) is 5.91 Å². The number of halogens is 1. The first kappa shape index (κ1) is 19.2. The fourth-order valence-electron chi connectivity index (χ4n) is 3.31. The van der Waals surface area contributed by atoms with Gasteiger partial charge in [-0.15, -0.1) is 0 Å². The molecule has 146 valence electrons. The zero-order valence-corrected chi connectivity index (χ0v) is 16.9. The molecule has 2 heterocycles. The molecule has 0 aliphatic carbocycles. The Bertz CT molecular complexity index is 1140. The highest BCUT2D eigenvalue weighted by Gasteiger charge is 2.16. The quantitative estimate of drug-likeness (QED) is 0.476. The molecule has 1 N–H and O–H groups in total. The van der Waals surface area contributed by atoms with Crippen molar-refractivity contribution in [2.75, 3.05) is 6.54 Å². The van der Waals surface area contributed by atoms with Crippen molar-refractivity contribution in [3.8, 4) is 11.3 Å². The van der Waals surface area contributed by atoms with E-state index < -0.39 is 0 Å². The summed E-state index contributed by atoms with van der Waals surface area (Å²) < 4.78 is 1.68. The van der Waals surface area contributed by atoms with Crippen LogP contribution in [0.25, 0.3) is 22.3 Å². The minimum absolute atomic E-state index is 0.117. The van der Waals surface area contributed by atoms with E-state index in [1.165, 1.54) is 5.56 Å². The van der Waals surface area contributed by atoms with Gasteiger partial charge in [0, 0.05) is 24.2 Å². The molecule has 0 atom stereocenters. The summed E-state index contributed by atoms with van der Waals surface area (Å²) in [5.74, 6) is -0.117. The lowest BCUT2D eigenvalue weighted by molar-refractivity contribution is 0.0955. The normalized spacial score (nSPS) is 11.0. The molecule has 0 spiro atoms. The topological polar surface area (TPSA) is 59.8 Å². The molecule has 0 saturated heterocycles. The molecule has 1 amide bonds. The van der Waals surface area contributed by atoms with Crippen LogP contribution in [0.2, 0.25) is 5.02 Å². The lowest BCUT2D eigenvalue weighted by Gasteiger charge is -2.09. The third-order valence-corrected chi connectivity index (χ3v) is 5.11. The summed E-state index contributed by atoms with van der Waals surface area (Å²) in [4.78, 5) is 17.6. The lowest BCUT2D eigenvalue weighted by Crippen LogP contribution is -2.25. The first-order valence-corrected chi connectivity index (χ1v) is 9.90. The molecule has 0 fully saturated rings. The Labute approximate surface area is 174 Å². The van der Waals surface area contributed by atoms with E-state index >= 15 is 0 Å². The summed E-state index contributed by atoms with van der Waals surface area (Å²) in [7, 11) is 1.82. The second-order valence-electron chi connectivity index (χ2n) is 6.91. The Morgan fingerprint density at radius 3 is 2.62 bits per heavy atom. The number of carbonyl (C=O) groups is 1. The summed E-state index contributed by atoms with van der Waals surface area (Å²) in [6, 6.07) is 19.5. The molecule has 2 aromatic heterocycles. The molecule has 0 bridgehead atoms. The van der Waals surface area contributed by atoms with Crippen LogP contribution in [0, 0.1) is 0 Å². The van der Waals surface area contributed by atoms with Gasteiger partial charge < -0.3 is 5.32 Å². The zero-order chi connectivity index (χ0) is 20.2. The van der Waals surface area contributed by atoms with Gasteiger partial charge in [0.05, 0.1) is 22.8 Å². The number of benzene rings is 2. The van der Waals surface area contributed by atoms with E-state index in [0.29, 0.717) is 28.5 Å². The van der Waals surface area contributed by atoms with Gasteiger partial charge in [-0.1, -0.05) is 54.1 Å². The first-order valence-electron chi connectivity index (χ1n) is 9.52. The van der Waals surface area contributed by atoms with Crippen molar-refractivity contribution in [1.82, 2.24) is 20.1 Å². The highest BCUT2D eigenvalue weighted by Crippen LogP contribution is 2.25. The monoisotopic (exact) mass is 404 g/mol. The molecule has 0 radical (unpaired) electrons. The summed E-state index contributed by atoms with van der Waals surface area (Å²) in [6.45, 7) is 0.605. The number of carbonyl (C=O) groups excluding carboxylic acids is 1. The average Bonchev–Trinajstić information content (AvgIpc) is 3.12. The third-order valence-electron chi connectivity index (χ3n) is 4.86. The van der Waals surface area contributed by atoms with Gasteiger partial charge >= 0.3 is 0 Å². The van der Waals surface area contributed by atoms with Crippen molar-refractivity contribution in [2.24, 2.45) is 7.05 Å². The van der Waals surface area contributed by atoms with Crippen molar-refractivity contribution in [1.29, 1.82) is 0 Å². The molecule has 0 saturated carbocycles. The number of aryl methyl sites for hydroxylation is 2. The fraction of sp³-hybridized carbons (Fsp3) is 0.174. The molecule has 6 heteroatoms. The standard InChI is InChI=1S/C23H21ClN4O/c1-28-22-20(15-26-28)19(14-21(27-22)17-9-11-18(24)12-10-17)23(29)25-13-5-8-16-6-3-2-4-7-16/h2-4,6-7,9-12,14-15H,5,8,13H2,1H3,(H,25,29). The highest BCUT2D eigenvalue weighted by molar-refractivity contribution is 6.30. The van der Waals surface area contributed by atoms with Gasteiger partial charge in [-0.3, -0.25) is 9.48 Å². The van der Waals surface area contributed by atoms with Gasteiger partial charge in [0.2, 0.25) is 0 Å². The maximum Gasteiger partial charge on any atom is 0.252 e. The minimum Gasteiger partial charge on any atom is -0.352 e. The molecule has 4 rings (SSSR count). The molecule has 5 nitrogen and oxygen atoms in total. The van der Waals surface area contributed by atoms with Crippen molar-refractivity contribution in [2.45, 2.75) is 12.8 Å². The predicted octanol–water partition coefficient (Wildman–Crippen LogP) is 4.65. The summed E-state index contributed by atoms with van der Waals surface area (Å²) in [5.41, 5.74) is 4.13. The smallest absolute Gasteiger partial charge is 0.252 e. The lowest BCUT2D eigenvalue weighted by atomic mass is 10.1. The fourth-order valence-corrected chi connectivity index (χ4v) is 3.43. The number of hydrogen-bond donors (Lipinski definition) is 1. The predicted molar refractivity (Wildman–Crippen MR) is 116 cm³/mol. The van der Waals surface area contributed by atoms with Crippen molar-refractivity contribution < 1.29 is 4.79 Å². The number of aromatic nitrogens is 3. The number of nitrogens with one attached hydrogen (secondary N) is 1. The number of amides is 1. The van der Waals surface area contributed by atoms with E-state index in [0.717, 1.165) is 23.8 Å². The molecule has 2 aromatic carbocycles. The maximum absolute atomic E-state index is 12.9. The summed E-state index contributed by atoms with van der Waals surface area (Å²) in [6.07, 6.45) is 3.49. The Morgan fingerprint density at radius 1 is 1.10 bits per heavy atom. The Kier molecular flexibility index (Phi) is 5.58. The minimum atomic E-state index is -0.117. The number of fused-ring (bicyclic) bond motifs is 1. The van der Waals surface area contributed by atoms with Gasteiger partial charge in [-0.25, -0.2) is 4.98 Å². The van der Waals surface area contributed by atoms with Crippen molar-refractivity contribution in [3.63, 3.8) is 0 Å². The number of hydrogen-bond acceptors (Lipinski definition) is 3. The van der Waals surface area contributed by atoms with E-state index in [1.807, 2.05) is 55.6 Å². The van der Waals surface area contributed by atoms with Crippen LogP contribution in [0.15, 0.2) is 66.9 Å². The molecule has 29 heavy (non-hydrogen) atoms. The van der Waals surface area contributed by atoms with Gasteiger partial charge in [-0.05, 0) is 36.6 Å². The van der Waals surface area contributed by atoms with E-state index in [1.54, 1.807) is 10.9 Å². The average molecular weight is 405 g/mol. The van der Waals surface area contributed by atoms with Crippen LogP contribution in [0.4, 0.5) is 0 Å². The van der Waals surface area contributed by atoms with Crippen LogP contribution in [0.3, 0.4) is 0 Å². The van der Waals surface area contributed by atoms with Gasteiger partial charge in [0.15, 0.2) is 5.65 Å². The zero-order valence-electron chi connectivity index (χ0n) is 16.1. The van der Waals surface area contributed by atoms with Crippen LogP contribution < -0.4 is 5.32 Å². The van der Waals surface area contributed by atoms with E-state index in [9.17, 15) is 4.79 Å². The third kappa shape index (κ3) is 4.30. The highest BCUT2D eigenvalue weighted by atomic mass is 35.5. The van der Waals surface area contributed by atoms with E-state index in [4.69, 9.17) is 16.6 Å². The first-order chi connectivity index (χ1) is 14.1. The second kappa shape index (κ2) is 8.45. The Hall–Kier alpha value is -3.18. The Morgan fingerprint density at radius 2 is 1.86 bits per heavy atom. The number of pyridine rings is 1. The summed E-state index contributed by atoms with van der Waals surface area (Å²) >= 11 is 6.00. The van der Waals surface area contributed by atoms with Crippen molar-refractivity contribution in [3.05, 3.63) is 83.0 Å². The van der Waals surface area contributed by atoms with E-state index in [2.05, 4.69) is 22.5 Å². The molecule has 4 aromatic rings. The van der Waals surface area contributed by atoms with Crippen LogP contribution in [-0.4, -0.2) is 27.2 Å². The molecule has 0 unspecified atom stereocenters. The summed E-state index contributed by atoms with van der Waals surface area (Å²) in [5, 5.41) is 8.71. The largest absolute Gasteiger partial charge is 0.352 e. The molecule has 0 aliphatic heterocycles. The maximum atomic E-state index is 12.9. The van der Waals surface area contributed by atoms with Crippen LogP contribution in [0.1, 0.15) is 22.3 Å². The van der Waals surface area contributed by atoms with Gasteiger partial charge in [0.25, 0.3) is 5.91 Å². The van der Waals surface area contributed by atoms with Crippen LogP contribution >= 0.6 is 11.6 Å². The second-order valence-corrected chi connectivity index (χ2v) is 7.35. The molecule has 0 aliphatic rings. The van der Waals surface area contributed by atoms with Crippen molar-refractivity contribution >= 4 is 28.5 Å². The molecular formula is C23H21ClN4O. The SMILES string of the molecule is Cn1ncc2c(C(=O)NCCCc3ccccc3)cc(-c3ccc(Cl)cc3)nc21. The Balaban J connectivity index is 1.55. The number of nitrogens with zero attached hydrogens (tertiary/aromatic N) is 3. The van der Waals surface area contributed by atoms with Gasteiger partial charge in [0.1, 0.15) is 0 Å². The van der Waals surface area contributed by atoms with Crippen LogP contribution in [-0.2, 0) is 13.5 Å².